The third-order valence-corrected chi connectivity index (χ3v) is 3.78. The number of benzene rings is 1. The molecule has 0 amide bonds. The molecular formula is C16H25N. The predicted octanol–water partition coefficient (Wildman–Crippen LogP) is 3.96. The number of nitrogens with one attached hydrogen (secondary N) is 1. The first-order valence-electron chi connectivity index (χ1n) is 7.05. The van der Waals surface area contributed by atoms with Crippen LogP contribution in [0.1, 0.15) is 51.0 Å². The quantitative estimate of drug-likeness (QED) is 0.827. The van der Waals surface area contributed by atoms with Crippen LogP contribution in [0.5, 0.6) is 0 Å². The molecule has 2 atom stereocenters. The smallest absolute Gasteiger partial charge is 0.0136 e. The lowest BCUT2D eigenvalue weighted by atomic mass is 9.80. The number of rotatable bonds is 4. The molecule has 1 aliphatic rings. The molecular weight excluding hydrogens is 206 g/mol. The molecule has 94 valence electrons. The average Bonchev–Trinajstić information content (AvgIpc) is 2.38. The van der Waals surface area contributed by atoms with Crippen molar-refractivity contribution in [3.8, 4) is 0 Å². The van der Waals surface area contributed by atoms with E-state index in [1.165, 1.54) is 31.2 Å². The van der Waals surface area contributed by atoms with Gasteiger partial charge in [-0.05, 0) is 36.8 Å². The largest absolute Gasteiger partial charge is 0.313 e. The van der Waals surface area contributed by atoms with Gasteiger partial charge in [0.1, 0.15) is 0 Å². The van der Waals surface area contributed by atoms with Gasteiger partial charge in [0.15, 0.2) is 0 Å². The maximum absolute atomic E-state index is 3.77. The zero-order chi connectivity index (χ0) is 12.1. The molecule has 17 heavy (non-hydrogen) atoms. The minimum Gasteiger partial charge on any atom is -0.313 e. The fraction of sp³-hybridized carbons (Fsp3) is 0.625. The van der Waals surface area contributed by atoms with E-state index in [1.54, 1.807) is 0 Å². The highest BCUT2D eigenvalue weighted by Gasteiger charge is 2.25. The van der Waals surface area contributed by atoms with Crippen molar-refractivity contribution in [2.45, 2.75) is 51.5 Å². The van der Waals surface area contributed by atoms with Gasteiger partial charge < -0.3 is 5.32 Å². The summed E-state index contributed by atoms with van der Waals surface area (Å²) in [7, 11) is 0. The molecule has 0 radical (unpaired) electrons. The first-order valence-corrected chi connectivity index (χ1v) is 7.05. The lowest BCUT2D eigenvalue weighted by molar-refractivity contribution is 0.316. The molecule has 1 saturated carbocycles. The molecule has 2 rings (SSSR count). The van der Waals surface area contributed by atoms with Crippen molar-refractivity contribution < 1.29 is 0 Å². The van der Waals surface area contributed by atoms with E-state index >= 15 is 0 Å². The molecule has 0 spiro atoms. The topological polar surface area (TPSA) is 12.0 Å². The van der Waals surface area contributed by atoms with Crippen LogP contribution in [0.3, 0.4) is 0 Å². The minimum atomic E-state index is 0.688. The Balaban J connectivity index is 2.02. The van der Waals surface area contributed by atoms with E-state index in [2.05, 4.69) is 49.5 Å². The summed E-state index contributed by atoms with van der Waals surface area (Å²) >= 11 is 0. The van der Waals surface area contributed by atoms with Gasteiger partial charge in [0.25, 0.3) is 0 Å². The zero-order valence-corrected chi connectivity index (χ0v) is 11.2. The first kappa shape index (κ1) is 12.6. The maximum Gasteiger partial charge on any atom is 0.0136 e. The average molecular weight is 231 g/mol. The van der Waals surface area contributed by atoms with Gasteiger partial charge in [-0.2, -0.15) is 0 Å². The molecule has 0 bridgehead atoms. The Morgan fingerprint density at radius 3 is 2.53 bits per heavy atom. The van der Waals surface area contributed by atoms with Crippen molar-refractivity contribution >= 4 is 0 Å². The second-order valence-electron chi connectivity index (χ2n) is 5.71. The third kappa shape index (κ3) is 3.57. The van der Waals surface area contributed by atoms with Gasteiger partial charge in [-0.1, -0.05) is 57.0 Å². The van der Waals surface area contributed by atoms with Gasteiger partial charge in [-0.3, -0.25) is 0 Å². The van der Waals surface area contributed by atoms with Crippen molar-refractivity contribution in [2.75, 3.05) is 6.54 Å². The summed E-state index contributed by atoms with van der Waals surface area (Å²) in [6, 6.07) is 11.7. The van der Waals surface area contributed by atoms with E-state index in [-0.39, 0.29) is 0 Å². The molecule has 0 heterocycles. The molecule has 1 aliphatic carbocycles. The highest BCUT2D eigenvalue weighted by Crippen LogP contribution is 2.32. The van der Waals surface area contributed by atoms with Crippen molar-refractivity contribution in [1.82, 2.24) is 5.32 Å². The monoisotopic (exact) mass is 231 g/mol. The van der Waals surface area contributed by atoms with Crippen LogP contribution in [0.2, 0.25) is 0 Å². The van der Waals surface area contributed by atoms with Crippen LogP contribution in [0.25, 0.3) is 0 Å². The van der Waals surface area contributed by atoms with Gasteiger partial charge in [0.2, 0.25) is 0 Å². The Kier molecular flexibility index (Phi) is 4.61. The van der Waals surface area contributed by atoms with E-state index in [4.69, 9.17) is 0 Å². The summed E-state index contributed by atoms with van der Waals surface area (Å²) < 4.78 is 0. The van der Waals surface area contributed by atoms with Crippen LogP contribution in [-0.2, 0) is 0 Å². The molecule has 1 heteroatoms. The van der Waals surface area contributed by atoms with E-state index in [1.807, 2.05) is 0 Å². The van der Waals surface area contributed by atoms with E-state index < -0.39 is 0 Å². The van der Waals surface area contributed by atoms with Crippen LogP contribution in [0, 0.1) is 5.92 Å². The normalized spacial score (nSPS) is 25.1. The molecule has 1 aromatic carbocycles. The molecule has 1 fully saturated rings. The van der Waals surface area contributed by atoms with Crippen molar-refractivity contribution in [1.29, 1.82) is 0 Å². The molecule has 0 aliphatic heterocycles. The Morgan fingerprint density at radius 2 is 1.82 bits per heavy atom. The fourth-order valence-corrected chi connectivity index (χ4v) is 2.86. The van der Waals surface area contributed by atoms with Crippen molar-refractivity contribution in [2.24, 2.45) is 5.92 Å². The molecule has 2 unspecified atom stereocenters. The van der Waals surface area contributed by atoms with Crippen LogP contribution < -0.4 is 5.32 Å². The fourth-order valence-electron chi connectivity index (χ4n) is 2.86. The third-order valence-electron chi connectivity index (χ3n) is 3.78. The summed E-state index contributed by atoms with van der Waals surface area (Å²) in [4.78, 5) is 0. The van der Waals surface area contributed by atoms with Gasteiger partial charge in [-0.25, -0.2) is 0 Å². The first-order chi connectivity index (χ1) is 8.27. The summed E-state index contributed by atoms with van der Waals surface area (Å²) in [6.07, 6.45) is 5.46. The Bertz CT molecular complexity index is 318. The van der Waals surface area contributed by atoms with Gasteiger partial charge in [-0.15, -0.1) is 0 Å². The Hall–Kier alpha value is -0.820. The van der Waals surface area contributed by atoms with Crippen molar-refractivity contribution in [3.05, 3.63) is 35.9 Å². The Morgan fingerprint density at radius 1 is 1.12 bits per heavy atom. The standard InChI is InChI=1S/C16H25N/c1-13(2)12-17-16-11-7-6-10-15(16)14-8-4-3-5-9-14/h3-5,8-9,13,15-17H,6-7,10-12H2,1-2H3. The minimum absolute atomic E-state index is 0.688. The predicted molar refractivity (Wildman–Crippen MR) is 74.3 cm³/mol. The Labute approximate surface area is 106 Å². The highest BCUT2D eigenvalue weighted by molar-refractivity contribution is 5.21. The van der Waals surface area contributed by atoms with Crippen LogP contribution in [0.4, 0.5) is 0 Å². The van der Waals surface area contributed by atoms with Crippen LogP contribution >= 0.6 is 0 Å². The zero-order valence-electron chi connectivity index (χ0n) is 11.2. The number of hydrogen-bond donors (Lipinski definition) is 1. The van der Waals surface area contributed by atoms with Gasteiger partial charge >= 0.3 is 0 Å². The lowest BCUT2D eigenvalue weighted by Crippen LogP contribution is -2.39. The van der Waals surface area contributed by atoms with Gasteiger partial charge in [0.05, 0.1) is 0 Å². The number of hydrogen-bond acceptors (Lipinski definition) is 1. The lowest BCUT2D eigenvalue weighted by Gasteiger charge is -2.33. The SMILES string of the molecule is CC(C)CNC1CCCCC1c1ccccc1. The maximum atomic E-state index is 3.77. The molecule has 1 aromatic rings. The highest BCUT2D eigenvalue weighted by atomic mass is 14.9. The van der Waals surface area contributed by atoms with E-state index in [0.717, 1.165) is 18.4 Å². The second kappa shape index (κ2) is 6.20. The summed E-state index contributed by atoms with van der Waals surface area (Å²) in [5, 5.41) is 3.77. The van der Waals surface area contributed by atoms with Crippen molar-refractivity contribution in [3.63, 3.8) is 0 Å². The second-order valence-corrected chi connectivity index (χ2v) is 5.71. The van der Waals surface area contributed by atoms with E-state index in [9.17, 15) is 0 Å². The molecule has 0 saturated heterocycles. The summed E-state index contributed by atoms with van der Waals surface area (Å²) in [5.41, 5.74) is 1.52. The van der Waals surface area contributed by atoms with Gasteiger partial charge in [0, 0.05) is 6.04 Å². The molecule has 1 nitrogen and oxygen atoms in total. The summed E-state index contributed by atoms with van der Waals surface area (Å²) in [5.74, 6) is 1.47. The molecule has 1 N–H and O–H groups in total. The summed E-state index contributed by atoms with van der Waals surface area (Å²) in [6.45, 7) is 5.72. The van der Waals surface area contributed by atoms with Crippen LogP contribution in [-0.4, -0.2) is 12.6 Å². The van der Waals surface area contributed by atoms with E-state index in [0.29, 0.717) is 6.04 Å². The van der Waals surface area contributed by atoms with Crippen LogP contribution in [0.15, 0.2) is 30.3 Å². The molecule has 0 aromatic heterocycles.